The zero-order valence-electron chi connectivity index (χ0n) is 11.8. The number of halogens is 1. The number of carbonyl (C=O) groups excluding carboxylic acids is 1. The number of rotatable bonds is 5. The van der Waals surface area contributed by atoms with Crippen molar-refractivity contribution in [3.8, 4) is 6.07 Å². The molecule has 1 saturated carbocycles. The number of amides is 1. The normalized spacial score (nSPS) is 18.7. The van der Waals surface area contributed by atoms with Crippen LogP contribution in [0.15, 0.2) is 24.3 Å². The van der Waals surface area contributed by atoms with Gasteiger partial charge >= 0.3 is 0 Å². The first-order valence-corrected chi connectivity index (χ1v) is 7.39. The van der Waals surface area contributed by atoms with Crippen molar-refractivity contribution < 1.29 is 4.79 Å². The quantitative estimate of drug-likeness (QED) is 0.881. The monoisotopic (exact) mass is 290 g/mol. The SMILES string of the molecule is CC[C@@](C#N)(C(=O)Nc1ccc(Cl)cc1)C(C)C1CC1. The fourth-order valence-electron chi connectivity index (χ4n) is 2.70. The van der Waals surface area contributed by atoms with Crippen LogP contribution in [-0.4, -0.2) is 5.91 Å². The number of hydrogen-bond acceptors (Lipinski definition) is 2. The van der Waals surface area contributed by atoms with E-state index in [-0.39, 0.29) is 11.8 Å². The van der Waals surface area contributed by atoms with Crippen molar-refractivity contribution >= 4 is 23.2 Å². The molecule has 1 aromatic carbocycles. The predicted molar refractivity (Wildman–Crippen MR) is 80.3 cm³/mol. The van der Waals surface area contributed by atoms with Gasteiger partial charge in [0.15, 0.2) is 0 Å². The summed E-state index contributed by atoms with van der Waals surface area (Å²) in [5, 5.41) is 13.1. The van der Waals surface area contributed by atoms with Crippen LogP contribution < -0.4 is 5.32 Å². The molecule has 0 aromatic heterocycles. The molecule has 0 heterocycles. The zero-order chi connectivity index (χ0) is 14.8. The van der Waals surface area contributed by atoms with Gasteiger partial charge in [0.25, 0.3) is 0 Å². The molecule has 1 N–H and O–H groups in total. The summed E-state index contributed by atoms with van der Waals surface area (Å²) in [6.45, 7) is 3.93. The Labute approximate surface area is 124 Å². The van der Waals surface area contributed by atoms with Crippen molar-refractivity contribution in [1.29, 1.82) is 5.26 Å². The molecule has 2 rings (SSSR count). The van der Waals surface area contributed by atoms with Crippen molar-refractivity contribution in [2.45, 2.75) is 33.1 Å². The molecule has 106 valence electrons. The lowest BCUT2D eigenvalue weighted by atomic mass is 9.72. The average Bonchev–Trinajstić information content (AvgIpc) is 3.27. The van der Waals surface area contributed by atoms with Gasteiger partial charge in [0.2, 0.25) is 5.91 Å². The van der Waals surface area contributed by atoms with Gasteiger partial charge in [-0.05, 0) is 55.4 Å². The molecular weight excluding hydrogens is 272 g/mol. The van der Waals surface area contributed by atoms with E-state index in [1.807, 2.05) is 13.8 Å². The summed E-state index contributed by atoms with van der Waals surface area (Å²) in [5.41, 5.74) is -0.267. The number of nitrogens with zero attached hydrogens (tertiary/aromatic N) is 1. The maximum atomic E-state index is 12.6. The molecule has 3 nitrogen and oxygen atoms in total. The second kappa shape index (κ2) is 5.85. The highest BCUT2D eigenvalue weighted by atomic mass is 35.5. The van der Waals surface area contributed by atoms with Gasteiger partial charge in [-0.1, -0.05) is 25.4 Å². The second-order valence-corrected chi connectivity index (χ2v) is 5.96. The maximum Gasteiger partial charge on any atom is 0.245 e. The van der Waals surface area contributed by atoms with Crippen LogP contribution in [-0.2, 0) is 4.79 Å². The Bertz CT molecular complexity index is 530. The molecule has 0 aliphatic heterocycles. The van der Waals surface area contributed by atoms with Gasteiger partial charge in [0.05, 0.1) is 6.07 Å². The number of anilines is 1. The summed E-state index contributed by atoms with van der Waals surface area (Å²) >= 11 is 5.83. The molecule has 0 spiro atoms. The third kappa shape index (κ3) is 2.81. The molecule has 0 bridgehead atoms. The van der Waals surface area contributed by atoms with Gasteiger partial charge in [-0.2, -0.15) is 5.26 Å². The van der Waals surface area contributed by atoms with E-state index in [9.17, 15) is 10.1 Å². The van der Waals surface area contributed by atoms with Crippen molar-refractivity contribution in [3.63, 3.8) is 0 Å². The molecule has 1 unspecified atom stereocenters. The lowest BCUT2D eigenvalue weighted by Crippen LogP contribution is -2.40. The van der Waals surface area contributed by atoms with Crippen LogP contribution in [0.3, 0.4) is 0 Å². The van der Waals surface area contributed by atoms with E-state index < -0.39 is 5.41 Å². The summed E-state index contributed by atoms with van der Waals surface area (Å²) in [5.74, 6) is 0.389. The smallest absolute Gasteiger partial charge is 0.245 e. The molecule has 1 aliphatic carbocycles. The van der Waals surface area contributed by atoms with Gasteiger partial charge in [0, 0.05) is 10.7 Å². The molecule has 1 aliphatic rings. The minimum atomic E-state index is -0.944. The number of nitrogens with one attached hydrogen (secondary N) is 1. The van der Waals surface area contributed by atoms with Crippen molar-refractivity contribution in [1.82, 2.24) is 0 Å². The molecule has 1 amide bonds. The van der Waals surface area contributed by atoms with Crippen LogP contribution in [0.1, 0.15) is 33.1 Å². The minimum Gasteiger partial charge on any atom is -0.325 e. The van der Waals surface area contributed by atoms with Crippen LogP contribution in [0.5, 0.6) is 0 Å². The van der Waals surface area contributed by atoms with Crippen LogP contribution in [0.4, 0.5) is 5.69 Å². The first-order chi connectivity index (χ1) is 9.53. The highest BCUT2D eigenvalue weighted by molar-refractivity contribution is 6.30. The second-order valence-electron chi connectivity index (χ2n) is 5.52. The lowest BCUT2D eigenvalue weighted by Gasteiger charge is -2.30. The summed E-state index contributed by atoms with van der Waals surface area (Å²) in [6, 6.07) is 9.23. The van der Waals surface area contributed by atoms with Crippen LogP contribution in [0.2, 0.25) is 5.02 Å². The Morgan fingerprint density at radius 2 is 2.10 bits per heavy atom. The van der Waals surface area contributed by atoms with E-state index in [4.69, 9.17) is 11.6 Å². The van der Waals surface area contributed by atoms with Gasteiger partial charge < -0.3 is 5.32 Å². The average molecular weight is 291 g/mol. The Morgan fingerprint density at radius 1 is 1.50 bits per heavy atom. The van der Waals surface area contributed by atoms with Gasteiger partial charge in [-0.15, -0.1) is 0 Å². The number of hydrogen-bond donors (Lipinski definition) is 1. The molecule has 4 heteroatoms. The highest BCUT2D eigenvalue weighted by Gasteiger charge is 2.48. The first-order valence-electron chi connectivity index (χ1n) is 7.01. The Balaban J connectivity index is 2.18. The summed E-state index contributed by atoms with van der Waals surface area (Å²) in [7, 11) is 0. The van der Waals surface area contributed by atoms with Crippen molar-refractivity contribution in [2.24, 2.45) is 17.3 Å². The minimum absolute atomic E-state index is 0.0878. The maximum absolute atomic E-state index is 12.6. The summed E-state index contributed by atoms with van der Waals surface area (Å²) in [6.07, 6.45) is 2.78. The number of benzene rings is 1. The Kier molecular flexibility index (Phi) is 4.35. The topological polar surface area (TPSA) is 52.9 Å². The molecule has 1 aromatic rings. The molecule has 1 fully saturated rings. The van der Waals surface area contributed by atoms with Crippen LogP contribution in [0.25, 0.3) is 0 Å². The first kappa shape index (κ1) is 14.9. The largest absolute Gasteiger partial charge is 0.325 e. The van der Waals surface area contributed by atoms with Crippen LogP contribution >= 0.6 is 11.6 Å². The third-order valence-electron chi connectivity index (χ3n) is 4.37. The van der Waals surface area contributed by atoms with E-state index in [0.29, 0.717) is 23.0 Å². The van der Waals surface area contributed by atoms with E-state index in [1.54, 1.807) is 24.3 Å². The molecule has 2 atom stereocenters. The van der Waals surface area contributed by atoms with Gasteiger partial charge in [-0.25, -0.2) is 0 Å². The Hall–Kier alpha value is -1.53. The fraction of sp³-hybridized carbons (Fsp3) is 0.500. The number of carbonyl (C=O) groups is 1. The van der Waals surface area contributed by atoms with Crippen LogP contribution in [0, 0.1) is 28.6 Å². The zero-order valence-corrected chi connectivity index (χ0v) is 12.6. The third-order valence-corrected chi connectivity index (χ3v) is 4.62. The predicted octanol–water partition coefficient (Wildman–Crippen LogP) is 4.24. The Morgan fingerprint density at radius 3 is 2.55 bits per heavy atom. The molecule has 0 radical (unpaired) electrons. The fourth-order valence-corrected chi connectivity index (χ4v) is 2.82. The summed E-state index contributed by atoms with van der Waals surface area (Å²) < 4.78 is 0. The summed E-state index contributed by atoms with van der Waals surface area (Å²) in [4.78, 5) is 12.6. The molecule has 0 saturated heterocycles. The van der Waals surface area contributed by atoms with Crippen molar-refractivity contribution in [2.75, 3.05) is 5.32 Å². The van der Waals surface area contributed by atoms with Gasteiger partial charge in [0.1, 0.15) is 5.41 Å². The number of nitriles is 1. The molecule has 20 heavy (non-hydrogen) atoms. The van der Waals surface area contributed by atoms with E-state index in [2.05, 4.69) is 11.4 Å². The standard InChI is InChI=1S/C16H19ClN2O/c1-3-16(10-18,11(2)12-4-5-12)15(20)19-14-8-6-13(17)7-9-14/h6-9,11-12H,3-5H2,1-2H3,(H,19,20)/t11?,16-/m0/s1. The highest BCUT2D eigenvalue weighted by Crippen LogP contribution is 2.47. The van der Waals surface area contributed by atoms with E-state index >= 15 is 0 Å². The van der Waals surface area contributed by atoms with Crippen molar-refractivity contribution in [3.05, 3.63) is 29.3 Å². The molecular formula is C16H19ClN2O. The van der Waals surface area contributed by atoms with Gasteiger partial charge in [-0.3, -0.25) is 4.79 Å². The van der Waals surface area contributed by atoms with E-state index in [0.717, 1.165) is 12.8 Å². The van der Waals surface area contributed by atoms with E-state index in [1.165, 1.54) is 0 Å². The lowest BCUT2D eigenvalue weighted by molar-refractivity contribution is -0.125.